The van der Waals surface area contributed by atoms with E-state index >= 15 is 0 Å². The number of thiophene rings is 2. The lowest BCUT2D eigenvalue weighted by Crippen LogP contribution is -2.59. The molecule has 0 unspecified atom stereocenters. The number of rotatable bonds is 2. The van der Waals surface area contributed by atoms with E-state index in [0.717, 1.165) is 46.5 Å². The first kappa shape index (κ1) is 30.1. The summed E-state index contributed by atoms with van der Waals surface area (Å²) in [5.41, 5.74) is 17.2. The van der Waals surface area contributed by atoms with E-state index in [4.69, 9.17) is 8.83 Å². The molecule has 0 amide bonds. The first-order valence-electron chi connectivity index (χ1n) is 19.6. The van der Waals surface area contributed by atoms with Gasteiger partial charge < -0.3 is 18.6 Å². The summed E-state index contributed by atoms with van der Waals surface area (Å²) in [6.45, 7) is 2.46. The lowest BCUT2D eigenvalue weighted by Gasteiger charge is -2.42. The highest BCUT2D eigenvalue weighted by Crippen LogP contribution is 2.53. The van der Waals surface area contributed by atoms with Crippen molar-refractivity contribution < 1.29 is 8.83 Å². The molecule has 0 radical (unpaired) electrons. The predicted octanol–water partition coefficient (Wildman–Crippen LogP) is 11.8. The van der Waals surface area contributed by atoms with Crippen LogP contribution in [-0.2, 0) is 25.7 Å². The highest BCUT2D eigenvalue weighted by Gasteiger charge is 2.49. The van der Waals surface area contributed by atoms with Gasteiger partial charge in [0.1, 0.15) is 11.2 Å². The Bertz CT molecular complexity index is 2870. The third kappa shape index (κ3) is 3.89. The fourth-order valence-electron chi connectivity index (χ4n) is 10.4. The van der Waals surface area contributed by atoms with Gasteiger partial charge in [0.05, 0.1) is 22.7 Å². The maximum absolute atomic E-state index is 6.83. The van der Waals surface area contributed by atoms with E-state index in [-0.39, 0.29) is 6.71 Å². The number of para-hydroxylation sites is 4. The molecule has 0 saturated heterocycles. The molecule has 54 heavy (non-hydrogen) atoms. The second-order valence-corrected chi connectivity index (χ2v) is 17.9. The largest absolute Gasteiger partial charge is 0.454 e. The minimum atomic E-state index is 0.184. The minimum Gasteiger partial charge on any atom is -0.454 e. The molecular formula is C47H35BN2O2S2. The lowest BCUT2D eigenvalue weighted by molar-refractivity contribution is 0.668. The van der Waals surface area contributed by atoms with E-state index in [9.17, 15) is 0 Å². The molecule has 13 rings (SSSR count). The SMILES string of the molecule is Cc1cc2c3c(c1)N(c1cccc4c1oc1ccccc14)c1c(sc4c1CCCC4)B3c1sc3c(c1N2c1cccc2c1oc1ccccc12)CCCC3. The number of hydrogen-bond acceptors (Lipinski definition) is 6. The quantitative estimate of drug-likeness (QED) is 0.166. The van der Waals surface area contributed by atoms with Gasteiger partial charge in [-0.1, -0.05) is 60.7 Å². The Morgan fingerprint density at radius 1 is 0.519 bits per heavy atom. The predicted molar refractivity (Wildman–Crippen MR) is 229 cm³/mol. The van der Waals surface area contributed by atoms with Crippen molar-refractivity contribution in [3.05, 3.63) is 124 Å². The van der Waals surface area contributed by atoms with Crippen LogP contribution in [0.5, 0.6) is 0 Å². The van der Waals surface area contributed by atoms with Crippen LogP contribution in [0.25, 0.3) is 43.9 Å². The molecule has 5 aromatic carbocycles. The number of fused-ring (bicyclic) bond motifs is 14. The molecule has 2 aliphatic heterocycles. The van der Waals surface area contributed by atoms with Crippen molar-refractivity contribution in [2.45, 2.75) is 58.3 Å². The minimum absolute atomic E-state index is 0.184. The maximum atomic E-state index is 6.83. The highest BCUT2D eigenvalue weighted by atomic mass is 32.1. The van der Waals surface area contributed by atoms with Gasteiger partial charge in [-0.25, -0.2) is 0 Å². The average molecular weight is 735 g/mol. The number of nitrogens with zero attached hydrogens (tertiary/aromatic N) is 2. The van der Waals surface area contributed by atoms with Crippen LogP contribution in [0.2, 0.25) is 0 Å². The van der Waals surface area contributed by atoms with Crippen molar-refractivity contribution in [1.82, 2.24) is 0 Å². The van der Waals surface area contributed by atoms with Crippen molar-refractivity contribution in [2.75, 3.05) is 9.80 Å². The van der Waals surface area contributed by atoms with Gasteiger partial charge in [0.25, 0.3) is 6.71 Å². The fraction of sp³-hybridized carbons (Fsp3) is 0.191. The summed E-state index contributed by atoms with van der Waals surface area (Å²) < 4.78 is 16.7. The molecule has 6 heterocycles. The van der Waals surface area contributed by atoms with E-state index in [1.54, 1.807) is 20.9 Å². The van der Waals surface area contributed by atoms with Crippen LogP contribution in [0.4, 0.5) is 34.1 Å². The van der Waals surface area contributed by atoms with Gasteiger partial charge >= 0.3 is 0 Å². The van der Waals surface area contributed by atoms with Crippen LogP contribution in [0.3, 0.4) is 0 Å². The Kier molecular flexibility index (Phi) is 6.10. The number of benzene rings is 5. The fourth-order valence-corrected chi connectivity index (χ4v) is 13.5. The Balaban J connectivity index is 1.16. The molecule has 4 nitrogen and oxygen atoms in total. The molecule has 0 N–H and O–H groups in total. The summed E-state index contributed by atoms with van der Waals surface area (Å²) in [6, 6.07) is 35.4. The molecule has 0 spiro atoms. The van der Waals surface area contributed by atoms with Gasteiger partial charge in [-0.15, -0.1) is 0 Å². The number of anilines is 6. The third-order valence-corrected chi connectivity index (χ3v) is 15.3. The third-order valence-electron chi connectivity index (χ3n) is 12.6. The molecule has 2 aliphatic carbocycles. The zero-order valence-electron chi connectivity index (χ0n) is 30.0. The van der Waals surface area contributed by atoms with Crippen LogP contribution in [0.1, 0.15) is 52.1 Å². The molecule has 9 aromatic rings. The van der Waals surface area contributed by atoms with Crippen molar-refractivity contribution in [2.24, 2.45) is 0 Å². The summed E-state index contributed by atoms with van der Waals surface area (Å²) >= 11 is 4.20. The summed E-state index contributed by atoms with van der Waals surface area (Å²) in [5, 5.41) is 4.68. The molecule has 0 saturated carbocycles. The van der Waals surface area contributed by atoms with Crippen molar-refractivity contribution in [3.8, 4) is 0 Å². The molecule has 0 fully saturated rings. The van der Waals surface area contributed by atoms with Crippen LogP contribution in [0, 0.1) is 6.92 Å². The monoisotopic (exact) mass is 734 g/mol. The lowest BCUT2D eigenvalue weighted by atomic mass is 9.39. The number of furan rings is 2. The second-order valence-electron chi connectivity index (χ2n) is 15.7. The smallest absolute Gasteiger partial charge is 0.277 e. The van der Waals surface area contributed by atoms with E-state index in [1.807, 2.05) is 0 Å². The van der Waals surface area contributed by atoms with Crippen molar-refractivity contribution in [1.29, 1.82) is 0 Å². The van der Waals surface area contributed by atoms with E-state index in [0.29, 0.717) is 0 Å². The number of hydrogen-bond donors (Lipinski definition) is 0. The molecule has 0 atom stereocenters. The van der Waals surface area contributed by atoms with Crippen molar-refractivity contribution in [3.63, 3.8) is 0 Å². The summed E-state index contributed by atoms with van der Waals surface area (Å²) in [6.07, 6.45) is 9.59. The molecular weight excluding hydrogens is 699 g/mol. The van der Waals surface area contributed by atoms with Gasteiger partial charge in [-0.3, -0.25) is 0 Å². The summed E-state index contributed by atoms with van der Waals surface area (Å²) in [4.78, 5) is 8.41. The van der Waals surface area contributed by atoms with Gasteiger partial charge in [-0.2, -0.15) is 22.7 Å². The Morgan fingerprint density at radius 3 is 1.50 bits per heavy atom. The maximum Gasteiger partial charge on any atom is 0.277 e. The van der Waals surface area contributed by atoms with Crippen LogP contribution in [0.15, 0.2) is 106 Å². The van der Waals surface area contributed by atoms with E-state index < -0.39 is 0 Å². The number of aryl methyl sites for hydroxylation is 3. The summed E-state index contributed by atoms with van der Waals surface area (Å²) in [5.74, 6) is 0. The highest BCUT2D eigenvalue weighted by molar-refractivity contribution is 7.36. The molecule has 7 heteroatoms. The second kappa shape index (κ2) is 10.9. The van der Waals surface area contributed by atoms with Gasteiger partial charge in [0.2, 0.25) is 0 Å². The zero-order chi connectivity index (χ0) is 35.2. The topological polar surface area (TPSA) is 32.8 Å². The first-order valence-corrected chi connectivity index (χ1v) is 21.2. The van der Waals surface area contributed by atoms with E-state index in [2.05, 4.69) is 136 Å². The zero-order valence-corrected chi connectivity index (χ0v) is 31.6. The molecule has 4 aromatic heterocycles. The van der Waals surface area contributed by atoms with E-state index in [1.165, 1.54) is 103 Å². The van der Waals surface area contributed by atoms with Gasteiger partial charge in [-0.05, 0) is 117 Å². The van der Waals surface area contributed by atoms with Crippen LogP contribution < -0.4 is 24.8 Å². The summed E-state index contributed by atoms with van der Waals surface area (Å²) in [7, 11) is 0. The molecule has 260 valence electrons. The first-order chi connectivity index (χ1) is 26.7. The normalized spacial score (nSPS) is 15.9. The van der Waals surface area contributed by atoms with Crippen LogP contribution >= 0.6 is 22.7 Å². The molecule has 4 aliphatic rings. The molecule has 0 bridgehead atoms. The Labute approximate surface area is 321 Å². The van der Waals surface area contributed by atoms with Crippen molar-refractivity contribution >= 4 is 122 Å². The Morgan fingerprint density at radius 2 is 0.981 bits per heavy atom. The standard InChI is InChI=1S/C47H35BN2O2S2/c1-26-24-35-41-36(25-26)50(34-19-11-17-30-28-13-3-7-21-38(28)52-45(30)34)43-32-15-5-9-23-40(32)54-47(43)48(41)46-42(31-14-4-8-22-39(31)53-46)49(35)33-18-10-16-29-27-12-2-6-20-37(27)51-44(29)33/h2-3,6-7,10-13,16-21,24-25H,4-5,8-9,14-15,22-23H2,1H3. The van der Waals surface area contributed by atoms with Crippen LogP contribution in [-0.4, -0.2) is 6.71 Å². The van der Waals surface area contributed by atoms with Gasteiger partial charge in [0.15, 0.2) is 11.2 Å². The Hall–Kier alpha value is -5.24. The average Bonchev–Trinajstić information content (AvgIpc) is 3.98. The van der Waals surface area contributed by atoms with Gasteiger partial charge in [0, 0.05) is 52.2 Å².